The van der Waals surface area contributed by atoms with Gasteiger partial charge in [0.15, 0.2) is 0 Å². The molecule has 0 aliphatic carbocycles. The Bertz CT molecular complexity index is 137. The number of carbonyl (C=O) groups excluding carboxylic acids is 1. The monoisotopic (exact) mass is 187 g/mol. The van der Waals surface area contributed by atoms with Gasteiger partial charge in [0.1, 0.15) is 0 Å². The molecule has 0 aromatic carbocycles. The highest BCUT2D eigenvalue weighted by atomic mass is 16.5. The van der Waals surface area contributed by atoms with Gasteiger partial charge in [0.05, 0.1) is 12.5 Å². The molecule has 0 saturated heterocycles. The van der Waals surface area contributed by atoms with Crippen LogP contribution in [0.15, 0.2) is 0 Å². The van der Waals surface area contributed by atoms with Gasteiger partial charge in [-0.2, -0.15) is 0 Å². The van der Waals surface area contributed by atoms with Crippen molar-refractivity contribution < 1.29 is 9.53 Å². The molecule has 0 aliphatic heterocycles. The van der Waals surface area contributed by atoms with E-state index in [9.17, 15) is 4.79 Å². The molecule has 1 atom stereocenters. The van der Waals surface area contributed by atoms with Gasteiger partial charge in [0.25, 0.3) is 0 Å². The zero-order valence-electron chi connectivity index (χ0n) is 8.71. The third-order valence-electron chi connectivity index (χ3n) is 2.06. The summed E-state index contributed by atoms with van der Waals surface area (Å²) in [5, 5.41) is 0. The van der Waals surface area contributed by atoms with Gasteiger partial charge in [-0.15, -0.1) is 0 Å². The second-order valence-corrected chi connectivity index (χ2v) is 3.18. The van der Waals surface area contributed by atoms with Gasteiger partial charge in [-0.05, 0) is 13.3 Å². The molecule has 78 valence electrons. The van der Waals surface area contributed by atoms with Crippen LogP contribution in [0.2, 0.25) is 0 Å². The SMILES string of the molecule is CCCCC[C@@H](CN)C(=O)OCC. The Morgan fingerprint density at radius 2 is 2.08 bits per heavy atom. The molecule has 0 saturated carbocycles. The quantitative estimate of drug-likeness (QED) is 0.487. The van der Waals surface area contributed by atoms with E-state index in [2.05, 4.69) is 6.92 Å². The lowest BCUT2D eigenvalue weighted by Crippen LogP contribution is -2.25. The van der Waals surface area contributed by atoms with Crippen molar-refractivity contribution in [1.82, 2.24) is 0 Å². The summed E-state index contributed by atoms with van der Waals surface area (Å²) in [5.41, 5.74) is 5.49. The fourth-order valence-corrected chi connectivity index (χ4v) is 1.23. The molecule has 0 fully saturated rings. The highest BCUT2D eigenvalue weighted by Crippen LogP contribution is 2.10. The standard InChI is InChI=1S/C10H21NO2/c1-3-5-6-7-9(8-11)10(12)13-4-2/h9H,3-8,11H2,1-2H3/t9-/m0/s1. The van der Waals surface area contributed by atoms with E-state index in [1.54, 1.807) is 0 Å². The molecule has 2 N–H and O–H groups in total. The van der Waals surface area contributed by atoms with Crippen LogP contribution in [0.5, 0.6) is 0 Å². The number of rotatable bonds is 7. The maximum absolute atomic E-state index is 11.3. The first-order chi connectivity index (χ1) is 6.26. The summed E-state index contributed by atoms with van der Waals surface area (Å²) in [6.45, 7) is 4.81. The molecular weight excluding hydrogens is 166 g/mol. The second kappa shape index (κ2) is 8.05. The number of hydrogen-bond acceptors (Lipinski definition) is 3. The average molecular weight is 187 g/mol. The van der Waals surface area contributed by atoms with E-state index in [0.717, 1.165) is 19.3 Å². The van der Waals surface area contributed by atoms with Gasteiger partial charge in [0.2, 0.25) is 0 Å². The first-order valence-electron chi connectivity index (χ1n) is 5.12. The number of hydrogen-bond donors (Lipinski definition) is 1. The normalized spacial score (nSPS) is 12.5. The van der Waals surface area contributed by atoms with Crippen LogP contribution in [0, 0.1) is 5.92 Å². The Labute approximate surface area is 80.6 Å². The lowest BCUT2D eigenvalue weighted by Gasteiger charge is -2.12. The highest BCUT2D eigenvalue weighted by Gasteiger charge is 2.16. The van der Waals surface area contributed by atoms with Crippen molar-refractivity contribution in [1.29, 1.82) is 0 Å². The third kappa shape index (κ3) is 5.64. The first-order valence-corrected chi connectivity index (χ1v) is 5.12. The lowest BCUT2D eigenvalue weighted by molar-refractivity contribution is -0.147. The van der Waals surface area contributed by atoms with Crippen molar-refractivity contribution in [2.45, 2.75) is 39.5 Å². The Morgan fingerprint density at radius 1 is 1.38 bits per heavy atom. The van der Waals surface area contributed by atoms with Crippen LogP contribution >= 0.6 is 0 Å². The van der Waals surface area contributed by atoms with Gasteiger partial charge in [-0.3, -0.25) is 4.79 Å². The summed E-state index contributed by atoms with van der Waals surface area (Å²) < 4.78 is 4.91. The fraction of sp³-hybridized carbons (Fsp3) is 0.900. The van der Waals surface area contributed by atoms with Crippen LogP contribution in [0.25, 0.3) is 0 Å². The van der Waals surface area contributed by atoms with Crippen molar-refractivity contribution in [3.63, 3.8) is 0 Å². The molecule has 0 aromatic rings. The van der Waals surface area contributed by atoms with E-state index < -0.39 is 0 Å². The fourth-order valence-electron chi connectivity index (χ4n) is 1.23. The van der Waals surface area contributed by atoms with E-state index in [1.165, 1.54) is 6.42 Å². The van der Waals surface area contributed by atoms with Crippen molar-refractivity contribution in [2.24, 2.45) is 11.7 Å². The predicted molar refractivity (Wildman–Crippen MR) is 53.3 cm³/mol. The predicted octanol–water partition coefficient (Wildman–Crippen LogP) is 1.70. The molecule has 0 amide bonds. The smallest absolute Gasteiger partial charge is 0.310 e. The van der Waals surface area contributed by atoms with Crippen LogP contribution in [0.1, 0.15) is 39.5 Å². The molecule has 0 bridgehead atoms. The maximum atomic E-state index is 11.3. The second-order valence-electron chi connectivity index (χ2n) is 3.18. The number of carbonyl (C=O) groups is 1. The summed E-state index contributed by atoms with van der Waals surface area (Å²) in [6.07, 6.45) is 4.26. The molecule has 0 heterocycles. The molecule has 0 unspecified atom stereocenters. The molecule has 0 radical (unpaired) electrons. The number of nitrogens with two attached hydrogens (primary N) is 1. The van der Waals surface area contributed by atoms with E-state index >= 15 is 0 Å². The van der Waals surface area contributed by atoms with Gasteiger partial charge < -0.3 is 10.5 Å². The summed E-state index contributed by atoms with van der Waals surface area (Å²) >= 11 is 0. The number of unbranched alkanes of at least 4 members (excludes halogenated alkanes) is 2. The Balaban J connectivity index is 3.67. The van der Waals surface area contributed by atoms with E-state index in [-0.39, 0.29) is 11.9 Å². The molecule has 0 aromatic heterocycles. The van der Waals surface area contributed by atoms with Crippen molar-refractivity contribution >= 4 is 5.97 Å². The van der Waals surface area contributed by atoms with Gasteiger partial charge in [0, 0.05) is 6.54 Å². The average Bonchev–Trinajstić information content (AvgIpc) is 2.13. The van der Waals surface area contributed by atoms with Crippen LogP contribution in [-0.4, -0.2) is 19.1 Å². The summed E-state index contributed by atoms with van der Waals surface area (Å²) in [4.78, 5) is 11.3. The van der Waals surface area contributed by atoms with Crippen molar-refractivity contribution in [3.8, 4) is 0 Å². The number of esters is 1. The Morgan fingerprint density at radius 3 is 2.54 bits per heavy atom. The number of ether oxygens (including phenoxy) is 1. The zero-order chi connectivity index (χ0) is 10.1. The molecule has 0 spiro atoms. The van der Waals surface area contributed by atoms with Crippen LogP contribution in [0.3, 0.4) is 0 Å². The molecule has 3 heteroatoms. The Kier molecular flexibility index (Phi) is 7.69. The minimum atomic E-state index is -0.138. The summed E-state index contributed by atoms with van der Waals surface area (Å²) in [7, 11) is 0. The highest BCUT2D eigenvalue weighted by molar-refractivity contribution is 5.72. The molecule has 0 rings (SSSR count). The third-order valence-corrected chi connectivity index (χ3v) is 2.06. The van der Waals surface area contributed by atoms with Crippen LogP contribution < -0.4 is 5.73 Å². The lowest BCUT2D eigenvalue weighted by atomic mass is 10.0. The molecular formula is C10H21NO2. The van der Waals surface area contributed by atoms with E-state index in [1.807, 2.05) is 6.92 Å². The van der Waals surface area contributed by atoms with Gasteiger partial charge in [-0.1, -0.05) is 26.2 Å². The molecule has 3 nitrogen and oxygen atoms in total. The topological polar surface area (TPSA) is 52.3 Å². The zero-order valence-corrected chi connectivity index (χ0v) is 8.71. The Hall–Kier alpha value is -0.570. The first kappa shape index (κ1) is 12.4. The largest absolute Gasteiger partial charge is 0.466 e. The van der Waals surface area contributed by atoms with Crippen LogP contribution in [-0.2, 0) is 9.53 Å². The van der Waals surface area contributed by atoms with Crippen LogP contribution in [0.4, 0.5) is 0 Å². The molecule has 13 heavy (non-hydrogen) atoms. The molecule has 0 aliphatic rings. The van der Waals surface area contributed by atoms with E-state index in [4.69, 9.17) is 10.5 Å². The summed E-state index contributed by atoms with van der Waals surface area (Å²) in [5.74, 6) is -0.229. The summed E-state index contributed by atoms with van der Waals surface area (Å²) in [6, 6.07) is 0. The van der Waals surface area contributed by atoms with E-state index in [0.29, 0.717) is 13.2 Å². The van der Waals surface area contributed by atoms with Crippen molar-refractivity contribution in [3.05, 3.63) is 0 Å². The minimum Gasteiger partial charge on any atom is -0.466 e. The minimum absolute atomic E-state index is 0.0912. The van der Waals surface area contributed by atoms with Gasteiger partial charge in [-0.25, -0.2) is 0 Å². The van der Waals surface area contributed by atoms with Crippen molar-refractivity contribution in [2.75, 3.05) is 13.2 Å². The van der Waals surface area contributed by atoms with Gasteiger partial charge >= 0.3 is 5.97 Å². The maximum Gasteiger partial charge on any atom is 0.310 e.